The van der Waals surface area contributed by atoms with Crippen LogP contribution in [-0.4, -0.2) is 9.97 Å². The molecule has 0 unspecified atom stereocenters. The van der Waals surface area contributed by atoms with Crippen molar-refractivity contribution in [2.45, 2.75) is 0 Å². The van der Waals surface area contributed by atoms with E-state index < -0.39 is 0 Å². The quantitative estimate of drug-likeness (QED) is 0.367. The van der Waals surface area contributed by atoms with E-state index in [-0.39, 0.29) is 5.82 Å². The van der Waals surface area contributed by atoms with Crippen molar-refractivity contribution in [3.8, 4) is 11.3 Å². The van der Waals surface area contributed by atoms with E-state index in [1.807, 2.05) is 30.5 Å². The van der Waals surface area contributed by atoms with E-state index in [9.17, 15) is 4.39 Å². The number of rotatable bonds is 1. The summed E-state index contributed by atoms with van der Waals surface area (Å²) in [7, 11) is 0. The van der Waals surface area contributed by atoms with E-state index >= 15 is 0 Å². The Hall–Kier alpha value is -3.33. The third-order valence-electron chi connectivity index (χ3n) is 4.57. The lowest BCUT2D eigenvalue weighted by Gasteiger charge is -2.10. The number of benzene rings is 3. The molecule has 3 aromatic carbocycles. The Labute approximate surface area is 143 Å². The van der Waals surface area contributed by atoms with Gasteiger partial charge in [-0.2, -0.15) is 0 Å². The Morgan fingerprint density at radius 1 is 0.600 bits per heavy atom. The highest BCUT2D eigenvalue weighted by Crippen LogP contribution is 2.34. The molecule has 0 fully saturated rings. The lowest BCUT2D eigenvalue weighted by molar-refractivity contribution is 0.628. The zero-order valence-corrected chi connectivity index (χ0v) is 13.3. The fraction of sp³-hybridized carbons (Fsp3) is 0. The molecule has 3 heteroatoms. The van der Waals surface area contributed by atoms with Crippen molar-refractivity contribution < 1.29 is 4.39 Å². The monoisotopic (exact) mass is 324 g/mol. The van der Waals surface area contributed by atoms with Gasteiger partial charge in [-0.25, -0.2) is 9.37 Å². The van der Waals surface area contributed by atoms with Gasteiger partial charge in [0.15, 0.2) is 0 Å². The molecule has 0 atom stereocenters. The van der Waals surface area contributed by atoms with Gasteiger partial charge >= 0.3 is 0 Å². The standard InChI is InChI=1S/C22H13FN2/c23-15-9-7-14(8-10-15)20-12-11-19-17-6-3-13-24-21(17)16-4-1-2-5-18(16)22(19)25-20/h1-13H. The zero-order valence-electron chi connectivity index (χ0n) is 13.3. The highest BCUT2D eigenvalue weighted by molar-refractivity contribution is 6.23. The topological polar surface area (TPSA) is 25.8 Å². The third kappa shape index (κ3) is 2.17. The van der Waals surface area contributed by atoms with Crippen LogP contribution in [0.5, 0.6) is 0 Å². The van der Waals surface area contributed by atoms with Gasteiger partial charge in [-0.3, -0.25) is 4.98 Å². The van der Waals surface area contributed by atoms with Crippen molar-refractivity contribution in [2.75, 3.05) is 0 Å². The minimum Gasteiger partial charge on any atom is -0.256 e. The molecule has 0 N–H and O–H groups in total. The predicted molar refractivity (Wildman–Crippen MR) is 99.9 cm³/mol. The average molecular weight is 324 g/mol. The molecular weight excluding hydrogens is 311 g/mol. The van der Waals surface area contributed by atoms with Crippen molar-refractivity contribution in [3.63, 3.8) is 0 Å². The molecule has 5 aromatic rings. The Morgan fingerprint density at radius 2 is 1.24 bits per heavy atom. The molecule has 2 nitrogen and oxygen atoms in total. The first-order valence-electron chi connectivity index (χ1n) is 8.13. The van der Waals surface area contributed by atoms with Crippen LogP contribution in [0.3, 0.4) is 0 Å². The van der Waals surface area contributed by atoms with E-state index in [1.165, 1.54) is 12.1 Å². The van der Waals surface area contributed by atoms with E-state index in [2.05, 4.69) is 29.2 Å². The van der Waals surface area contributed by atoms with Gasteiger partial charge in [0.1, 0.15) is 5.82 Å². The lowest BCUT2D eigenvalue weighted by Crippen LogP contribution is -1.90. The normalized spacial score (nSPS) is 11.4. The average Bonchev–Trinajstić information content (AvgIpc) is 2.68. The summed E-state index contributed by atoms with van der Waals surface area (Å²) in [5.41, 5.74) is 3.67. The molecule has 0 aliphatic heterocycles. The maximum atomic E-state index is 13.2. The van der Waals surface area contributed by atoms with Gasteiger partial charge < -0.3 is 0 Å². The molecule has 0 aliphatic rings. The number of hydrogen-bond donors (Lipinski definition) is 0. The van der Waals surface area contributed by atoms with Crippen LogP contribution in [0.2, 0.25) is 0 Å². The first kappa shape index (κ1) is 14.1. The highest BCUT2D eigenvalue weighted by atomic mass is 19.1. The van der Waals surface area contributed by atoms with E-state index in [0.29, 0.717) is 0 Å². The smallest absolute Gasteiger partial charge is 0.123 e. The van der Waals surface area contributed by atoms with Crippen LogP contribution in [0.4, 0.5) is 4.39 Å². The predicted octanol–water partition coefficient (Wildman–Crippen LogP) is 5.74. The minimum atomic E-state index is -0.243. The van der Waals surface area contributed by atoms with Gasteiger partial charge in [0.05, 0.1) is 16.7 Å². The first-order chi connectivity index (χ1) is 12.3. The molecule has 0 aliphatic carbocycles. The Bertz CT molecular complexity index is 1210. The van der Waals surface area contributed by atoms with Gasteiger partial charge in [-0.15, -0.1) is 0 Å². The maximum Gasteiger partial charge on any atom is 0.123 e. The van der Waals surface area contributed by atoms with Crippen LogP contribution < -0.4 is 0 Å². The third-order valence-corrected chi connectivity index (χ3v) is 4.57. The second kappa shape index (κ2) is 5.35. The largest absolute Gasteiger partial charge is 0.256 e. The summed E-state index contributed by atoms with van der Waals surface area (Å²) in [5.74, 6) is -0.243. The van der Waals surface area contributed by atoms with Gasteiger partial charge in [0.2, 0.25) is 0 Å². The van der Waals surface area contributed by atoms with E-state index in [4.69, 9.17) is 4.98 Å². The van der Waals surface area contributed by atoms with Crippen molar-refractivity contribution in [3.05, 3.63) is 84.8 Å². The van der Waals surface area contributed by atoms with Gasteiger partial charge in [0.25, 0.3) is 0 Å². The Kier molecular flexibility index (Phi) is 3.01. The number of fused-ring (bicyclic) bond motifs is 6. The van der Waals surface area contributed by atoms with Gasteiger partial charge in [-0.05, 0) is 42.5 Å². The van der Waals surface area contributed by atoms with Crippen molar-refractivity contribution in [1.29, 1.82) is 0 Å². The van der Waals surface area contributed by atoms with Crippen LogP contribution >= 0.6 is 0 Å². The van der Waals surface area contributed by atoms with Crippen molar-refractivity contribution in [2.24, 2.45) is 0 Å². The minimum absolute atomic E-state index is 0.243. The number of halogens is 1. The second-order valence-electron chi connectivity index (χ2n) is 6.04. The number of hydrogen-bond acceptors (Lipinski definition) is 2. The molecule has 5 rings (SSSR count). The molecule has 0 spiro atoms. The summed E-state index contributed by atoms with van der Waals surface area (Å²) in [4.78, 5) is 9.48. The van der Waals surface area contributed by atoms with Crippen LogP contribution in [0, 0.1) is 5.82 Å². The fourth-order valence-corrected chi connectivity index (χ4v) is 3.40. The molecular formula is C22H13FN2. The van der Waals surface area contributed by atoms with E-state index in [0.717, 1.165) is 43.8 Å². The summed E-state index contributed by atoms with van der Waals surface area (Å²) in [6, 6.07) is 22.7. The SMILES string of the molecule is Fc1ccc(-c2ccc3c4cccnc4c4ccccc4c3n2)cc1. The molecule has 2 aromatic heterocycles. The Balaban J connectivity index is 1.91. The maximum absolute atomic E-state index is 13.2. The fourth-order valence-electron chi connectivity index (χ4n) is 3.40. The zero-order chi connectivity index (χ0) is 16.8. The summed E-state index contributed by atoms with van der Waals surface area (Å²) in [5, 5.41) is 4.34. The lowest BCUT2D eigenvalue weighted by atomic mass is 9.99. The molecule has 118 valence electrons. The van der Waals surface area contributed by atoms with E-state index in [1.54, 1.807) is 12.1 Å². The molecule has 0 saturated heterocycles. The summed E-state index contributed by atoms with van der Waals surface area (Å²) < 4.78 is 13.2. The van der Waals surface area contributed by atoms with Gasteiger partial charge in [-0.1, -0.05) is 30.3 Å². The Morgan fingerprint density at radius 3 is 2.00 bits per heavy atom. The highest BCUT2D eigenvalue weighted by Gasteiger charge is 2.11. The van der Waals surface area contributed by atoms with Crippen molar-refractivity contribution >= 4 is 32.6 Å². The van der Waals surface area contributed by atoms with Crippen LogP contribution in [0.1, 0.15) is 0 Å². The molecule has 0 saturated carbocycles. The molecule has 2 heterocycles. The first-order valence-corrected chi connectivity index (χ1v) is 8.13. The number of pyridine rings is 2. The summed E-state index contributed by atoms with van der Waals surface area (Å²) >= 11 is 0. The molecule has 25 heavy (non-hydrogen) atoms. The number of aromatic nitrogens is 2. The van der Waals surface area contributed by atoms with Crippen molar-refractivity contribution in [1.82, 2.24) is 9.97 Å². The molecule has 0 bridgehead atoms. The molecule has 0 radical (unpaired) electrons. The van der Waals surface area contributed by atoms with Crippen LogP contribution in [0.15, 0.2) is 79.0 Å². The molecule has 0 amide bonds. The summed E-state index contributed by atoms with van der Waals surface area (Å²) in [6.45, 7) is 0. The second-order valence-corrected chi connectivity index (χ2v) is 6.04. The number of nitrogens with zero attached hydrogens (tertiary/aromatic N) is 2. The summed E-state index contributed by atoms with van der Waals surface area (Å²) in [6.07, 6.45) is 1.82. The van der Waals surface area contributed by atoms with Gasteiger partial charge in [0, 0.05) is 33.3 Å². The van der Waals surface area contributed by atoms with Crippen LogP contribution in [-0.2, 0) is 0 Å². The van der Waals surface area contributed by atoms with Crippen LogP contribution in [0.25, 0.3) is 43.8 Å².